The van der Waals surface area contributed by atoms with E-state index in [0.717, 1.165) is 6.42 Å². The topological polar surface area (TPSA) is 53.7 Å². The first-order valence-corrected chi connectivity index (χ1v) is 5.72. The van der Waals surface area contributed by atoms with Crippen LogP contribution in [0.2, 0.25) is 0 Å². The normalized spacial score (nSPS) is 9.76. The lowest BCUT2D eigenvalue weighted by Gasteiger charge is -2.13. The molecule has 4 nitrogen and oxygen atoms in total. The fourth-order valence-corrected chi connectivity index (χ4v) is 1.52. The Morgan fingerprint density at radius 1 is 1.24 bits per heavy atom. The van der Waals surface area contributed by atoms with Gasteiger partial charge in [0.25, 0.3) is 0 Å². The minimum Gasteiger partial charge on any atom is -0.493 e. The molecule has 2 N–H and O–H groups in total. The van der Waals surface area contributed by atoms with Crippen LogP contribution in [-0.4, -0.2) is 25.8 Å². The van der Waals surface area contributed by atoms with E-state index in [1.807, 2.05) is 18.2 Å². The van der Waals surface area contributed by atoms with Gasteiger partial charge in [-0.2, -0.15) is 0 Å². The van der Waals surface area contributed by atoms with E-state index in [-0.39, 0.29) is 0 Å². The molecule has 0 radical (unpaired) electrons. The molecular formula is C12H17NO3S. The van der Waals surface area contributed by atoms with Crippen molar-refractivity contribution in [1.29, 1.82) is 0 Å². The van der Waals surface area contributed by atoms with Gasteiger partial charge in [0.2, 0.25) is 5.75 Å². The van der Waals surface area contributed by atoms with Gasteiger partial charge in [-0.25, -0.2) is 0 Å². The molecule has 17 heavy (non-hydrogen) atoms. The number of nitrogens with two attached hydrogens (primary N) is 1. The second kappa shape index (κ2) is 6.96. The number of hydrogen-bond donors (Lipinski definition) is 1. The third kappa shape index (κ3) is 4.11. The molecule has 94 valence electrons. The molecule has 0 aliphatic heterocycles. The first-order valence-electron chi connectivity index (χ1n) is 5.31. The molecule has 1 aromatic rings. The Bertz CT molecular complexity index is 360. The Morgan fingerprint density at radius 3 is 2.29 bits per heavy atom. The highest BCUT2D eigenvalue weighted by molar-refractivity contribution is 7.80. The number of rotatable bonds is 7. The van der Waals surface area contributed by atoms with E-state index in [1.165, 1.54) is 0 Å². The van der Waals surface area contributed by atoms with E-state index >= 15 is 0 Å². The molecule has 0 amide bonds. The van der Waals surface area contributed by atoms with Crippen LogP contribution in [0.1, 0.15) is 12.8 Å². The summed E-state index contributed by atoms with van der Waals surface area (Å²) in [5.41, 5.74) is 5.41. The molecule has 5 heteroatoms. The van der Waals surface area contributed by atoms with Crippen LogP contribution in [0.15, 0.2) is 18.2 Å². The van der Waals surface area contributed by atoms with E-state index in [4.69, 9.17) is 32.2 Å². The maximum Gasteiger partial charge on any atom is 0.203 e. The van der Waals surface area contributed by atoms with Gasteiger partial charge in [-0.15, -0.1) is 0 Å². The lowest BCUT2D eigenvalue weighted by molar-refractivity contribution is 0.272. The van der Waals surface area contributed by atoms with Crippen molar-refractivity contribution in [1.82, 2.24) is 0 Å². The molecule has 0 aliphatic rings. The van der Waals surface area contributed by atoms with Crippen LogP contribution >= 0.6 is 12.2 Å². The molecule has 0 saturated carbocycles. The van der Waals surface area contributed by atoms with E-state index in [1.54, 1.807) is 14.2 Å². The first-order chi connectivity index (χ1) is 8.19. The van der Waals surface area contributed by atoms with E-state index in [2.05, 4.69) is 0 Å². The van der Waals surface area contributed by atoms with E-state index in [0.29, 0.717) is 35.3 Å². The van der Waals surface area contributed by atoms with E-state index in [9.17, 15) is 0 Å². The van der Waals surface area contributed by atoms with Crippen molar-refractivity contribution >= 4 is 17.2 Å². The summed E-state index contributed by atoms with van der Waals surface area (Å²) in [6.45, 7) is 0.522. The maximum atomic E-state index is 5.64. The van der Waals surface area contributed by atoms with Gasteiger partial charge in [0.1, 0.15) is 0 Å². The van der Waals surface area contributed by atoms with Gasteiger partial charge >= 0.3 is 0 Å². The predicted molar refractivity (Wildman–Crippen MR) is 71.1 cm³/mol. The monoisotopic (exact) mass is 255 g/mol. The lowest BCUT2D eigenvalue weighted by Crippen LogP contribution is -2.10. The Morgan fingerprint density at radius 2 is 1.82 bits per heavy atom. The molecule has 0 spiro atoms. The number of benzene rings is 1. The van der Waals surface area contributed by atoms with Crippen LogP contribution in [0, 0.1) is 0 Å². The highest BCUT2D eigenvalue weighted by atomic mass is 32.1. The molecule has 0 saturated heterocycles. The largest absolute Gasteiger partial charge is 0.493 e. The average Bonchev–Trinajstić information content (AvgIpc) is 2.34. The molecule has 1 rings (SSSR count). The summed E-state index contributed by atoms with van der Waals surface area (Å²) in [5.74, 6) is 1.92. The van der Waals surface area contributed by atoms with E-state index < -0.39 is 0 Å². The number of thiocarbonyl (C=S) groups is 1. The Labute approximate surface area is 107 Å². The number of ether oxygens (including phenoxy) is 3. The minimum atomic E-state index is 0.501. The SMILES string of the molecule is COc1cccc(OC)c1OCCCC(N)=S. The fourth-order valence-electron chi connectivity index (χ4n) is 1.38. The number of hydrogen-bond acceptors (Lipinski definition) is 4. The summed E-state index contributed by atoms with van der Waals surface area (Å²) in [6.07, 6.45) is 1.45. The van der Waals surface area contributed by atoms with Crippen molar-refractivity contribution in [2.24, 2.45) is 5.73 Å². The second-order valence-electron chi connectivity index (χ2n) is 3.41. The average molecular weight is 255 g/mol. The summed E-state index contributed by atoms with van der Waals surface area (Å²) >= 11 is 4.80. The van der Waals surface area contributed by atoms with Gasteiger partial charge in [0.05, 0.1) is 25.8 Å². The van der Waals surface area contributed by atoms with Gasteiger partial charge in [-0.1, -0.05) is 18.3 Å². The van der Waals surface area contributed by atoms with Crippen molar-refractivity contribution in [3.63, 3.8) is 0 Å². The van der Waals surface area contributed by atoms with Crippen molar-refractivity contribution in [2.75, 3.05) is 20.8 Å². The van der Waals surface area contributed by atoms with Crippen LogP contribution in [0.25, 0.3) is 0 Å². The van der Waals surface area contributed by atoms with Gasteiger partial charge in [0.15, 0.2) is 11.5 Å². The zero-order chi connectivity index (χ0) is 12.7. The third-order valence-electron chi connectivity index (χ3n) is 2.20. The molecule has 0 unspecified atom stereocenters. The molecule has 0 atom stereocenters. The van der Waals surface area contributed by atoms with Crippen LogP contribution < -0.4 is 19.9 Å². The van der Waals surface area contributed by atoms with Crippen LogP contribution in [0.3, 0.4) is 0 Å². The first kappa shape index (κ1) is 13.6. The number of methoxy groups -OCH3 is 2. The van der Waals surface area contributed by atoms with Crippen molar-refractivity contribution in [3.05, 3.63) is 18.2 Å². The summed E-state index contributed by atoms with van der Waals surface area (Å²) < 4.78 is 16.1. The van der Waals surface area contributed by atoms with Gasteiger partial charge in [0, 0.05) is 6.42 Å². The van der Waals surface area contributed by atoms with Gasteiger partial charge in [-0.3, -0.25) is 0 Å². The number of para-hydroxylation sites is 1. The Balaban J connectivity index is 2.64. The zero-order valence-corrected chi connectivity index (χ0v) is 10.9. The molecule has 0 aromatic heterocycles. The third-order valence-corrected chi connectivity index (χ3v) is 2.40. The highest BCUT2D eigenvalue weighted by Crippen LogP contribution is 2.36. The standard InChI is InChI=1S/C12H17NO3S/c1-14-9-5-3-6-10(15-2)12(9)16-8-4-7-11(13)17/h3,5-6H,4,7-8H2,1-2H3,(H2,13,17). The molecule has 0 heterocycles. The Kier molecular flexibility index (Phi) is 5.56. The van der Waals surface area contributed by atoms with Crippen molar-refractivity contribution in [2.45, 2.75) is 12.8 Å². The minimum absolute atomic E-state index is 0.501. The summed E-state index contributed by atoms with van der Waals surface area (Å²) in [4.78, 5) is 0.501. The Hall–Kier alpha value is -1.49. The maximum absolute atomic E-state index is 5.64. The zero-order valence-electron chi connectivity index (χ0n) is 10.1. The van der Waals surface area contributed by atoms with Crippen molar-refractivity contribution in [3.8, 4) is 17.2 Å². The quantitative estimate of drug-likeness (QED) is 0.597. The molecule has 0 aliphatic carbocycles. The summed E-state index contributed by atoms with van der Waals surface area (Å²) in [7, 11) is 3.19. The highest BCUT2D eigenvalue weighted by Gasteiger charge is 2.10. The van der Waals surface area contributed by atoms with Gasteiger partial charge in [-0.05, 0) is 18.6 Å². The summed E-state index contributed by atoms with van der Waals surface area (Å²) in [6, 6.07) is 5.50. The molecular weight excluding hydrogens is 238 g/mol. The smallest absolute Gasteiger partial charge is 0.203 e. The summed E-state index contributed by atoms with van der Waals surface area (Å²) in [5, 5.41) is 0. The predicted octanol–water partition coefficient (Wildman–Crippen LogP) is 2.15. The molecule has 0 fully saturated rings. The molecule has 1 aromatic carbocycles. The van der Waals surface area contributed by atoms with Crippen LogP contribution in [-0.2, 0) is 0 Å². The molecule has 0 bridgehead atoms. The fraction of sp³-hybridized carbons (Fsp3) is 0.417. The van der Waals surface area contributed by atoms with Crippen LogP contribution in [0.4, 0.5) is 0 Å². The lowest BCUT2D eigenvalue weighted by atomic mass is 10.3. The van der Waals surface area contributed by atoms with Crippen molar-refractivity contribution < 1.29 is 14.2 Å². The van der Waals surface area contributed by atoms with Crippen LogP contribution in [0.5, 0.6) is 17.2 Å². The van der Waals surface area contributed by atoms with Gasteiger partial charge < -0.3 is 19.9 Å². The second-order valence-corrected chi connectivity index (χ2v) is 3.93.